The van der Waals surface area contributed by atoms with Crippen molar-refractivity contribution in [1.29, 1.82) is 0 Å². The van der Waals surface area contributed by atoms with Gasteiger partial charge in [-0.05, 0) is 42.3 Å². The van der Waals surface area contributed by atoms with E-state index in [4.69, 9.17) is 0 Å². The highest BCUT2D eigenvalue weighted by molar-refractivity contribution is 5.97. The van der Waals surface area contributed by atoms with E-state index in [1.807, 2.05) is 74.5 Å². The zero-order chi connectivity index (χ0) is 28.0. The Bertz CT molecular complexity index is 1400. The Hall–Kier alpha value is -4.60. The molecule has 0 saturated heterocycles. The van der Waals surface area contributed by atoms with Crippen molar-refractivity contribution in [1.82, 2.24) is 14.7 Å². The molecule has 0 saturated carbocycles. The molecule has 0 atom stereocenters. The number of rotatable bonds is 8. The van der Waals surface area contributed by atoms with Crippen molar-refractivity contribution in [2.75, 3.05) is 23.7 Å². The zero-order valence-electron chi connectivity index (χ0n) is 21.4. The average molecular weight is 536 g/mol. The van der Waals surface area contributed by atoms with Crippen molar-refractivity contribution in [3.63, 3.8) is 0 Å². The van der Waals surface area contributed by atoms with Crippen LogP contribution < -0.4 is 10.6 Å². The minimum atomic E-state index is -4.48. The molecule has 39 heavy (non-hydrogen) atoms. The largest absolute Gasteiger partial charge is 0.416 e. The molecule has 0 spiro atoms. The third kappa shape index (κ3) is 7.25. The maximum atomic E-state index is 13.1. The van der Waals surface area contributed by atoms with Gasteiger partial charge in [0, 0.05) is 23.9 Å². The molecule has 2 N–H and O–H groups in total. The number of amides is 3. The molecular formula is C29H28F3N5O2. The van der Waals surface area contributed by atoms with E-state index >= 15 is 0 Å². The summed E-state index contributed by atoms with van der Waals surface area (Å²) in [6.07, 6.45) is -4.48. The molecule has 1 aromatic heterocycles. The second kappa shape index (κ2) is 11.8. The fraction of sp³-hybridized carbons (Fsp3) is 0.207. The molecule has 4 rings (SSSR count). The summed E-state index contributed by atoms with van der Waals surface area (Å²) in [5.74, 6) is 0.0169. The first-order valence-corrected chi connectivity index (χ1v) is 12.3. The Morgan fingerprint density at radius 1 is 0.897 bits per heavy atom. The van der Waals surface area contributed by atoms with Crippen LogP contribution in [0.5, 0.6) is 0 Å². The third-order valence-corrected chi connectivity index (χ3v) is 5.72. The summed E-state index contributed by atoms with van der Waals surface area (Å²) in [7, 11) is 0. The molecule has 0 radical (unpaired) electrons. The van der Waals surface area contributed by atoms with E-state index in [2.05, 4.69) is 15.7 Å². The molecule has 1 heterocycles. The van der Waals surface area contributed by atoms with Crippen molar-refractivity contribution < 1.29 is 22.8 Å². The summed E-state index contributed by atoms with van der Waals surface area (Å²) in [6.45, 7) is 3.78. The van der Waals surface area contributed by atoms with Crippen LogP contribution in [0.2, 0.25) is 0 Å². The van der Waals surface area contributed by atoms with Crippen LogP contribution in [0.3, 0.4) is 0 Å². The zero-order valence-corrected chi connectivity index (χ0v) is 21.4. The number of nitrogens with zero attached hydrogens (tertiary/aromatic N) is 3. The number of anilines is 2. The number of halogens is 3. The third-order valence-electron chi connectivity index (χ3n) is 5.72. The van der Waals surface area contributed by atoms with Gasteiger partial charge in [0.15, 0.2) is 0 Å². The lowest BCUT2D eigenvalue weighted by Gasteiger charge is -2.24. The van der Waals surface area contributed by atoms with Gasteiger partial charge in [-0.3, -0.25) is 4.79 Å². The lowest BCUT2D eigenvalue weighted by molar-refractivity contribution is -0.137. The average Bonchev–Trinajstić information content (AvgIpc) is 3.32. The first kappa shape index (κ1) is 27.4. The quantitative estimate of drug-likeness (QED) is 0.264. The fourth-order valence-electron chi connectivity index (χ4n) is 3.95. The molecule has 0 aliphatic rings. The van der Waals surface area contributed by atoms with Gasteiger partial charge >= 0.3 is 12.2 Å². The molecule has 0 aliphatic carbocycles. The smallest absolute Gasteiger partial charge is 0.315 e. The van der Waals surface area contributed by atoms with E-state index in [1.165, 1.54) is 17.0 Å². The lowest BCUT2D eigenvalue weighted by atomic mass is 10.1. The van der Waals surface area contributed by atoms with Gasteiger partial charge in [-0.2, -0.15) is 18.3 Å². The summed E-state index contributed by atoms with van der Waals surface area (Å²) in [5.41, 5.74) is 1.66. The van der Waals surface area contributed by atoms with Crippen molar-refractivity contribution in [2.45, 2.75) is 20.0 Å². The van der Waals surface area contributed by atoms with Gasteiger partial charge in [-0.15, -0.1) is 0 Å². The minimum Gasteiger partial charge on any atom is -0.315 e. The van der Waals surface area contributed by atoms with Gasteiger partial charge in [-0.1, -0.05) is 62.4 Å². The summed E-state index contributed by atoms with van der Waals surface area (Å²) in [5, 5.41) is 10.1. The summed E-state index contributed by atoms with van der Waals surface area (Å²) < 4.78 is 40.2. The fourth-order valence-corrected chi connectivity index (χ4v) is 3.95. The van der Waals surface area contributed by atoms with Gasteiger partial charge < -0.3 is 15.5 Å². The second-order valence-corrected chi connectivity index (χ2v) is 9.36. The second-order valence-electron chi connectivity index (χ2n) is 9.36. The summed E-state index contributed by atoms with van der Waals surface area (Å²) >= 11 is 0. The number of nitrogens with one attached hydrogen (secondary N) is 2. The highest BCUT2D eigenvalue weighted by Crippen LogP contribution is 2.30. The standard InChI is InChI=1S/C29H28F3N5O2/c1-20(2)18-36(28(39)33-23-15-13-22(14-16-23)29(30,31)32)19-27(38)34-26-17-25(21-9-5-3-6-10-21)35-37(26)24-11-7-4-8-12-24/h3-17,20H,18-19H2,1-2H3,(H,33,39)(H,34,38). The predicted octanol–water partition coefficient (Wildman–Crippen LogP) is 6.69. The Kier molecular flexibility index (Phi) is 8.33. The van der Waals surface area contributed by atoms with Crippen LogP contribution in [0.4, 0.5) is 29.5 Å². The lowest BCUT2D eigenvalue weighted by Crippen LogP contribution is -2.42. The van der Waals surface area contributed by atoms with E-state index in [9.17, 15) is 22.8 Å². The topological polar surface area (TPSA) is 79.3 Å². The van der Waals surface area contributed by atoms with Gasteiger partial charge in [0.1, 0.15) is 12.4 Å². The number of carbonyl (C=O) groups excluding carboxylic acids is 2. The predicted molar refractivity (Wildman–Crippen MR) is 145 cm³/mol. The van der Waals surface area contributed by atoms with Crippen molar-refractivity contribution in [3.8, 4) is 16.9 Å². The maximum absolute atomic E-state index is 13.1. The number of hydrogen-bond acceptors (Lipinski definition) is 3. The van der Waals surface area contributed by atoms with Gasteiger partial charge in [-0.25, -0.2) is 9.48 Å². The first-order valence-electron chi connectivity index (χ1n) is 12.3. The van der Waals surface area contributed by atoms with Crippen LogP contribution >= 0.6 is 0 Å². The van der Waals surface area contributed by atoms with E-state index < -0.39 is 23.7 Å². The maximum Gasteiger partial charge on any atom is 0.416 e. The van der Waals surface area contributed by atoms with E-state index in [-0.39, 0.29) is 24.7 Å². The molecule has 0 bridgehead atoms. The number of aromatic nitrogens is 2. The SMILES string of the molecule is CC(C)CN(CC(=O)Nc1cc(-c2ccccc2)nn1-c1ccccc1)C(=O)Nc1ccc(C(F)(F)F)cc1. The Morgan fingerprint density at radius 2 is 1.51 bits per heavy atom. The van der Waals surface area contributed by atoms with Gasteiger partial charge in [0.2, 0.25) is 5.91 Å². The molecule has 3 aromatic carbocycles. The van der Waals surface area contributed by atoms with E-state index in [1.54, 1.807) is 10.7 Å². The summed E-state index contributed by atoms with van der Waals surface area (Å²) in [6, 6.07) is 24.2. The number of benzene rings is 3. The molecule has 10 heteroatoms. The van der Waals surface area contributed by atoms with Crippen LogP contribution in [0.1, 0.15) is 19.4 Å². The van der Waals surface area contributed by atoms with Crippen LogP contribution in [-0.4, -0.2) is 39.7 Å². The number of urea groups is 1. The van der Waals surface area contributed by atoms with Crippen LogP contribution in [0.25, 0.3) is 16.9 Å². The van der Waals surface area contributed by atoms with E-state index in [0.717, 1.165) is 23.4 Å². The Balaban J connectivity index is 1.52. The number of carbonyl (C=O) groups is 2. The van der Waals surface area contributed by atoms with Crippen LogP contribution in [0, 0.1) is 5.92 Å². The molecule has 7 nitrogen and oxygen atoms in total. The molecule has 4 aromatic rings. The minimum absolute atomic E-state index is 0.0377. The molecular weight excluding hydrogens is 507 g/mol. The molecule has 202 valence electrons. The van der Waals surface area contributed by atoms with Gasteiger partial charge in [0.25, 0.3) is 0 Å². The molecule has 0 fully saturated rings. The molecule has 0 aliphatic heterocycles. The number of para-hydroxylation sites is 1. The van der Waals surface area contributed by atoms with Crippen molar-refractivity contribution in [3.05, 3.63) is 96.6 Å². The van der Waals surface area contributed by atoms with Crippen molar-refractivity contribution in [2.24, 2.45) is 5.92 Å². The van der Waals surface area contributed by atoms with Crippen molar-refractivity contribution >= 4 is 23.4 Å². The molecule has 3 amide bonds. The van der Waals surface area contributed by atoms with Crippen LogP contribution in [-0.2, 0) is 11.0 Å². The van der Waals surface area contributed by atoms with E-state index in [0.29, 0.717) is 11.5 Å². The monoisotopic (exact) mass is 535 g/mol. The van der Waals surface area contributed by atoms with Gasteiger partial charge in [0.05, 0.1) is 16.9 Å². The number of hydrogen-bond donors (Lipinski definition) is 2. The molecule has 0 unspecified atom stereocenters. The summed E-state index contributed by atoms with van der Waals surface area (Å²) in [4.78, 5) is 27.5. The first-order chi connectivity index (χ1) is 18.6. The Morgan fingerprint density at radius 3 is 2.10 bits per heavy atom. The highest BCUT2D eigenvalue weighted by Gasteiger charge is 2.30. The number of alkyl halides is 3. The van der Waals surface area contributed by atoms with Crippen LogP contribution in [0.15, 0.2) is 91.0 Å². The normalized spacial score (nSPS) is 11.3. The Labute approximate surface area is 224 Å². The highest BCUT2D eigenvalue weighted by atomic mass is 19.4.